The summed E-state index contributed by atoms with van der Waals surface area (Å²) < 4.78 is 31.7. The number of carboxylic acids is 1. The fourth-order valence-electron chi connectivity index (χ4n) is 2.70. The highest BCUT2D eigenvalue weighted by Crippen LogP contribution is 2.27. The third-order valence-electron chi connectivity index (χ3n) is 3.85. The fraction of sp³-hybridized carbons (Fsp3) is 0.500. The van der Waals surface area contributed by atoms with Crippen LogP contribution in [0.4, 0.5) is 13.2 Å². The summed E-state index contributed by atoms with van der Waals surface area (Å²) in [6.45, 7) is 3.92. The molecule has 6 nitrogen and oxygen atoms in total. The monoisotopic (exact) mass is 331 g/mol. The van der Waals surface area contributed by atoms with Crippen LogP contribution in [-0.4, -0.2) is 59.2 Å². The second-order valence-corrected chi connectivity index (χ2v) is 5.43. The molecule has 2 saturated heterocycles. The number of fused-ring (bicyclic) bond motifs is 1. The van der Waals surface area contributed by atoms with Crippen molar-refractivity contribution in [2.75, 3.05) is 26.2 Å². The third-order valence-corrected chi connectivity index (χ3v) is 3.85. The topological polar surface area (TPSA) is 82.5 Å². The average Bonchev–Trinajstić information content (AvgIpc) is 3.08. The van der Waals surface area contributed by atoms with Crippen molar-refractivity contribution in [3.05, 3.63) is 30.1 Å². The maximum atomic E-state index is 12.2. The Labute approximate surface area is 130 Å². The lowest BCUT2D eigenvalue weighted by Crippen LogP contribution is -2.31. The van der Waals surface area contributed by atoms with E-state index >= 15 is 0 Å². The molecule has 2 N–H and O–H groups in total. The van der Waals surface area contributed by atoms with Gasteiger partial charge in [-0.2, -0.15) is 13.2 Å². The summed E-state index contributed by atoms with van der Waals surface area (Å²) in [7, 11) is 0. The number of likely N-dealkylation sites (tertiary alicyclic amines) is 1. The average molecular weight is 331 g/mol. The quantitative estimate of drug-likeness (QED) is 0.802. The van der Waals surface area contributed by atoms with E-state index in [4.69, 9.17) is 9.90 Å². The first-order chi connectivity index (χ1) is 10.8. The highest BCUT2D eigenvalue weighted by atomic mass is 19.4. The van der Waals surface area contributed by atoms with Crippen LogP contribution in [0.3, 0.4) is 0 Å². The van der Waals surface area contributed by atoms with Gasteiger partial charge in [0.05, 0.1) is 0 Å². The van der Waals surface area contributed by atoms with Gasteiger partial charge < -0.3 is 15.3 Å². The molecule has 2 unspecified atom stereocenters. The molecule has 0 bridgehead atoms. The molecular formula is C14H16F3N3O3. The van der Waals surface area contributed by atoms with Gasteiger partial charge in [-0.25, -0.2) is 4.79 Å². The van der Waals surface area contributed by atoms with Crippen LogP contribution in [0.25, 0.3) is 0 Å². The van der Waals surface area contributed by atoms with E-state index in [9.17, 15) is 18.0 Å². The van der Waals surface area contributed by atoms with E-state index in [0.29, 0.717) is 11.8 Å². The van der Waals surface area contributed by atoms with Gasteiger partial charge in [0, 0.05) is 44.1 Å². The Morgan fingerprint density at radius 3 is 2.09 bits per heavy atom. The van der Waals surface area contributed by atoms with Crippen molar-refractivity contribution in [2.24, 2.45) is 11.8 Å². The van der Waals surface area contributed by atoms with Crippen LogP contribution in [-0.2, 0) is 4.79 Å². The minimum Gasteiger partial charge on any atom is -0.475 e. The number of nitrogens with one attached hydrogen (secondary N) is 1. The van der Waals surface area contributed by atoms with E-state index in [2.05, 4.69) is 10.3 Å². The van der Waals surface area contributed by atoms with Crippen LogP contribution >= 0.6 is 0 Å². The van der Waals surface area contributed by atoms with Crippen LogP contribution in [0, 0.1) is 11.8 Å². The van der Waals surface area contributed by atoms with E-state index in [1.54, 1.807) is 24.5 Å². The molecule has 3 rings (SSSR count). The molecular weight excluding hydrogens is 315 g/mol. The predicted octanol–water partition coefficient (Wildman–Crippen LogP) is 1.01. The number of carbonyl (C=O) groups is 2. The van der Waals surface area contributed by atoms with Gasteiger partial charge in [-0.15, -0.1) is 0 Å². The maximum Gasteiger partial charge on any atom is 0.490 e. The van der Waals surface area contributed by atoms with E-state index in [1.807, 2.05) is 4.90 Å². The Morgan fingerprint density at radius 2 is 1.65 bits per heavy atom. The van der Waals surface area contributed by atoms with Gasteiger partial charge in [0.25, 0.3) is 5.91 Å². The molecule has 0 aromatic carbocycles. The van der Waals surface area contributed by atoms with E-state index in [-0.39, 0.29) is 5.91 Å². The van der Waals surface area contributed by atoms with Crippen molar-refractivity contribution in [1.82, 2.24) is 15.2 Å². The molecule has 2 atom stereocenters. The third kappa shape index (κ3) is 4.41. The van der Waals surface area contributed by atoms with E-state index < -0.39 is 12.1 Å². The highest BCUT2D eigenvalue weighted by Gasteiger charge is 2.38. The summed E-state index contributed by atoms with van der Waals surface area (Å²) >= 11 is 0. The van der Waals surface area contributed by atoms with Gasteiger partial charge in [-0.3, -0.25) is 9.78 Å². The Balaban J connectivity index is 0.000000236. The smallest absolute Gasteiger partial charge is 0.475 e. The predicted molar refractivity (Wildman–Crippen MR) is 73.7 cm³/mol. The van der Waals surface area contributed by atoms with Crippen molar-refractivity contribution < 1.29 is 27.9 Å². The van der Waals surface area contributed by atoms with Gasteiger partial charge in [0.1, 0.15) is 0 Å². The minimum atomic E-state index is -5.08. The molecule has 0 spiro atoms. The summed E-state index contributed by atoms with van der Waals surface area (Å²) in [5.74, 6) is -1.29. The first kappa shape index (κ1) is 17.2. The van der Waals surface area contributed by atoms with Crippen molar-refractivity contribution in [3.63, 3.8) is 0 Å². The minimum absolute atomic E-state index is 0.150. The number of amides is 1. The Hall–Kier alpha value is -2.16. The fourth-order valence-corrected chi connectivity index (χ4v) is 2.70. The number of halogens is 3. The molecule has 9 heteroatoms. The second kappa shape index (κ2) is 6.95. The van der Waals surface area contributed by atoms with E-state index in [1.165, 1.54) is 0 Å². The molecule has 0 aliphatic carbocycles. The van der Waals surface area contributed by atoms with Crippen molar-refractivity contribution in [3.8, 4) is 0 Å². The largest absolute Gasteiger partial charge is 0.490 e. The number of pyridine rings is 1. The number of aliphatic carboxylic acids is 1. The summed E-state index contributed by atoms with van der Waals surface area (Å²) in [5.41, 5.74) is 0.753. The molecule has 1 aromatic rings. The lowest BCUT2D eigenvalue weighted by atomic mass is 10.0. The number of carboxylic acid groups (broad SMARTS) is 1. The van der Waals surface area contributed by atoms with E-state index in [0.717, 1.165) is 31.7 Å². The molecule has 2 aliphatic heterocycles. The summed E-state index contributed by atoms with van der Waals surface area (Å²) in [6, 6.07) is 3.57. The zero-order chi connectivity index (χ0) is 17.0. The molecule has 1 aromatic heterocycles. The number of hydrogen-bond acceptors (Lipinski definition) is 4. The van der Waals surface area contributed by atoms with Crippen LogP contribution in [0.2, 0.25) is 0 Å². The number of rotatable bonds is 1. The summed E-state index contributed by atoms with van der Waals surface area (Å²) in [4.78, 5) is 27.0. The van der Waals surface area contributed by atoms with Gasteiger partial charge >= 0.3 is 12.1 Å². The number of hydrogen-bond donors (Lipinski definition) is 2. The van der Waals surface area contributed by atoms with Gasteiger partial charge in [0.15, 0.2) is 0 Å². The number of alkyl halides is 3. The van der Waals surface area contributed by atoms with Crippen molar-refractivity contribution in [2.45, 2.75) is 6.18 Å². The van der Waals surface area contributed by atoms with Crippen LogP contribution in [0.5, 0.6) is 0 Å². The molecule has 0 saturated carbocycles. The maximum absolute atomic E-state index is 12.2. The second-order valence-electron chi connectivity index (χ2n) is 5.43. The summed E-state index contributed by atoms with van der Waals surface area (Å²) in [5, 5.41) is 10.5. The normalized spacial score (nSPS) is 23.0. The van der Waals surface area contributed by atoms with Gasteiger partial charge in [0.2, 0.25) is 0 Å². The Kier molecular flexibility index (Phi) is 5.19. The van der Waals surface area contributed by atoms with Crippen LogP contribution in [0.15, 0.2) is 24.5 Å². The number of aromatic nitrogens is 1. The van der Waals surface area contributed by atoms with Gasteiger partial charge in [-0.1, -0.05) is 0 Å². The zero-order valence-electron chi connectivity index (χ0n) is 12.1. The molecule has 3 heterocycles. The van der Waals surface area contributed by atoms with Crippen molar-refractivity contribution in [1.29, 1.82) is 0 Å². The van der Waals surface area contributed by atoms with Gasteiger partial charge in [-0.05, 0) is 24.0 Å². The Bertz CT molecular complexity index is 553. The van der Waals surface area contributed by atoms with Crippen LogP contribution < -0.4 is 5.32 Å². The molecule has 23 heavy (non-hydrogen) atoms. The lowest BCUT2D eigenvalue weighted by molar-refractivity contribution is -0.192. The zero-order valence-corrected chi connectivity index (χ0v) is 12.1. The number of nitrogens with zero attached hydrogens (tertiary/aromatic N) is 2. The molecule has 0 radical (unpaired) electrons. The lowest BCUT2D eigenvalue weighted by Gasteiger charge is -2.17. The van der Waals surface area contributed by atoms with Crippen LogP contribution in [0.1, 0.15) is 10.4 Å². The molecule has 2 aliphatic rings. The van der Waals surface area contributed by atoms with Crippen molar-refractivity contribution >= 4 is 11.9 Å². The molecule has 126 valence electrons. The Morgan fingerprint density at radius 1 is 1.17 bits per heavy atom. The summed E-state index contributed by atoms with van der Waals surface area (Å²) in [6.07, 6.45) is -1.74. The molecule has 1 amide bonds. The first-order valence-electron chi connectivity index (χ1n) is 6.99. The molecule has 2 fully saturated rings. The standard InChI is InChI=1S/C12H15N3O.C2HF3O2/c16-12(9-1-3-13-4-2-9)15-7-10-5-14-6-11(10)8-15;3-2(4,5)1(6)7/h1-4,10-11,14H,5-8H2;(H,6,7). The SMILES string of the molecule is O=C(O)C(F)(F)F.O=C(c1ccncc1)N1CC2CNCC2C1. The number of carbonyl (C=O) groups excluding carboxylic acids is 1. The highest BCUT2D eigenvalue weighted by molar-refractivity contribution is 5.94. The first-order valence-corrected chi connectivity index (χ1v) is 6.99.